The first kappa shape index (κ1) is 14.6. The third-order valence-electron chi connectivity index (χ3n) is 2.54. The number of halogens is 1. The van der Waals surface area contributed by atoms with E-state index in [9.17, 15) is 4.79 Å². The van der Waals surface area contributed by atoms with Crippen LogP contribution in [0.3, 0.4) is 0 Å². The van der Waals surface area contributed by atoms with Crippen LogP contribution in [0.2, 0.25) is 5.02 Å². The van der Waals surface area contributed by atoms with Gasteiger partial charge in [0.1, 0.15) is 0 Å². The largest absolute Gasteiger partial charge is 0.478 e. The van der Waals surface area contributed by atoms with Crippen LogP contribution in [-0.4, -0.2) is 16.1 Å². The number of pyridine rings is 1. The van der Waals surface area contributed by atoms with Crippen LogP contribution in [0.15, 0.2) is 53.7 Å². The van der Waals surface area contributed by atoms with Crippen LogP contribution in [0.5, 0.6) is 0 Å². The Balaban J connectivity index is 2.09. The lowest BCUT2D eigenvalue weighted by Gasteiger charge is -2.05. The molecule has 2 rings (SSSR count). The van der Waals surface area contributed by atoms with Gasteiger partial charge in [0.15, 0.2) is 0 Å². The predicted molar refractivity (Wildman–Crippen MR) is 81.9 cm³/mol. The van der Waals surface area contributed by atoms with Crippen molar-refractivity contribution in [2.75, 3.05) is 0 Å². The third kappa shape index (κ3) is 4.40. The van der Waals surface area contributed by atoms with Crippen molar-refractivity contribution < 1.29 is 9.90 Å². The van der Waals surface area contributed by atoms with Gasteiger partial charge in [0.2, 0.25) is 0 Å². The normalized spacial score (nSPS) is 10.8. The summed E-state index contributed by atoms with van der Waals surface area (Å²) < 4.78 is 0. The van der Waals surface area contributed by atoms with Crippen LogP contribution in [0, 0.1) is 0 Å². The van der Waals surface area contributed by atoms with Crippen molar-refractivity contribution in [1.29, 1.82) is 0 Å². The first-order valence-electron chi connectivity index (χ1n) is 5.88. The fourth-order valence-corrected chi connectivity index (χ4v) is 2.56. The summed E-state index contributed by atoms with van der Waals surface area (Å²) in [7, 11) is 0. The molecule has 0 radical (unpaired) electrons. The van der Waals surface area contributed by atoms with Crippen LogP contribution >= 0.6 is 23.4 Å². The minimum atomic E-state index is -0.952. The molecule has 20 heavy (non-hydrogen) atoms. The quantitative estimate of drug-likeness (QED) is 0.666. The van der Waals surface area contributed by atoms with Gasteiger partial charge in [-0.2, -0.15) is 0 Å². The highest BCUT2D eigenvalue weighted by Gasteiger charge is 2.02. The van der Waals surface area contributed by atoms with Gasteiger partial charge in [-0.05, 0) is 29.3 Å². The van der Waals surface area contributed by atoms with Crippen molar-refractivity contribution in [2.24, 2.45) is 0 Å². The molecule has 0 aliphatic carbocycles. The van der Waals surface area contributed by atoms with Crippen molar-refractivity contribution in [2.45, 2.75) is 10.8 Å². The molecule has 1 heterocycles. The highest BCUT2D eigenvalue weighted by atomic mass is 35.5. The maximum Gasteiger partial charge on any atom is 0.328 e. The van der Waals surface area contributed by atoms with E-state index in [-0.39, 0.29) is 0 Å². The second kappa shape index (κ2) is 7.12. The molecular formula is C15H12ClNO2S. The van der Waals surface area contributed by atoms with Gasteiger partial charge < -0.3 is 5.11 Å². The van der Waals surface area contributed by atoms with E-state index in [1.807, 2.05) is 30.3 Å². The van der Waals surface area contributed by atoms with E-state index >= 15 is 0 Å². The van der Waals surface area contributed by atoms with Crippen molar-refractivity contribution in [3.05, 3.63) is 64.8 Å². The SMILES string of the molecule is O=C(O)C=Cc1ccccc1CSc1ccc(Cl)cn1. The van der Waals surface area contributed by atoms with Crippen LogP contribution in [0.1, 0.15) is 11.1 Å². The smallest absolute Gasteiger partial charge is 0.328 e. The summed E-state index contributed by atoms with van der Waals surface area (Å²) in [5.41, 5.74) is 1.96. The lowest BCUT2D eigenvalue weighted by atomic mass is 10.1. The molecule has 102 valence electrons. The number of hydrogen-bond donors (Lipinski definition) is 1. The predicted octanol–water partition coefficient (Wildman–Crippen LogP) is 4.13. The zero-order chi connectivity index (χ0) is 14.4. The Morgan fingerprint density at radius 1 is 1.30 bits per heavy atom. The van der Waals surface area contributed by atoms with Crippen LogP contribution < -0.4 is 0 Å². The van der Waals surface area contributed by atoms with E-state index in [0.717, 1.165) is 28.0 Å². The van der Waals surface area contributed by atoms with E-state index in [1.165, 1.54) is 0 Å². The summed E-state index contributed by atoms with van der Waals surface area (Å²) in [6.07, 6.45) is 4.36. The van der Waals surface area contributed by atoms with Crippen LogP contribution in [0.4, 0.5) is 0 Å². The van der Waals surface area contributed by atoms with Gasteiger partial charge in [-0.3, -0.25) is 0 Å². The summed E-state index contributed by atoms with van der Waals surface area (Å²) in [4.78, 5) is 14.8. The van der Waals surface area contributed by atoms with Crippen LogP contribution in [-0.2, 0) is 10.5 Å². The number of aliphatic carboxylic acids is 1. The number of rotatable bonds is 5. The molecule has 0 spiro atoms. The Morgan fingerprint density at radius 2 is 2.10 bits per heavy atom. The number of thioether (sulfide) groups is 1. The molecule has 1 aromatic carbocycles. The summed E-state index contributed by atoms with van der Waals surface area (Å²) >= 11 is 7.37. The van der Waals surface area contributed by atoms with Gasteiger partial charge >= 0.3 is 5.97 Å². The zero-order valence-electron chi connectivity index (χ0n) is 10.5. The molecule has 0 aliphatic rings. The number of carbonyl (C=O) groups is 1. The molecule has 0 atom stereocenters. The molecular weight excluding hydrogens is 294 g/mol. The summed E-state index contributed by atoms with van der Waals surface area (Å²) in [5, 5.41) is 10.2. The zero-order valence-corrected chi connectivity index (χ0v) is 12.1. The molecule has 2 aromatic rings. The molecule has 0 fully saturated rings. The van der Waals surface area contributed by atoms with Crippen LogP contribution in [0.25, 0.3) is 6.08 Å². The van der Waals surface area contributed by atoms with E-state index in [1.54, 1.807) is 30.1 Å². The molecule has 3 nitrogen and oxygen atoms in total. The number of nitrogens with zero attached hydrogens (tertiary/aromatic N) is 1. The highest BCUT2D eigenvalue weighted by Crippen LogP contribution is 2.24. The van der Waals surface area contributed by atoms with E-state index in [4.69, 9.17) is 16.7 Å². The maximum absolute atomic E-state index is 10.6. The van der Waals surface area contributed by atoms with Gasteiger partial charge in [0.25, 0.3) is 0 Å². The van der Waals surface area contributed by atoms with Gasteiger partial charge in [-0.25, -0.2) is 9.78 Å². The maximum atomic E-state index is 10.6. The molecule has 0 unspecified atom stereocenters. The lowest BCUT2D eigenvalue weighted by Crippen LogP contribution is -1.90. The number of aromatic nitrogens is 1. The molecule has 0 saturated carbocycles. The fraction of sp³-hybridized carbons (Fsp3) is 0.0667. The van der Waals surface area contributed by atoms with E-state index in [2.05, 4.69) is 4.98 Å². The molecule has 0 saturated heterocycles. The molecule has 1 aromatic heterocycles. The second-order valence-electron chi connectivity index (χ2n) is 3.97. The molecule has 1 N–H and O–H groups in total. The van der Waals surface area contributed by atoms with Crippen molar-refractivity contribution in [1.82, 2.24) is 4.98 Å². The first-order chi connectivity index (χ1) is 9.65. The van der Waals surface area contributed by atoms with Crippen molar-refractivity contribution in [3.8, 4) is 0 Å². The van der Waals surface area contributed by atoms with Gasteiger partial charge in [0.05, 0.1) is 10.0 Å². The van der Waals surface area contributed by atoms with E-state index in [0.29, 0.717) is 5.02 Å². The third-order valence-corrected chi connectivity index (χ3v) is 3.75. The number of benzene rings is 1. The highest BCUT2D eigenvalue weighted by molar-refractivity contribution is 7.98. The van der Waals surface area contributed by atoms with Gasteiger partial charge in [0, 0.05) is 18.0 Å². The molecule has 5 heteroatoms. The monoisotopic (exact) mass is 305 g/mol. The van der Waals surface area contributed by atoms with Gasteiger partial charge in [-0.1, -0.05) is 35.9 Å². The number of hydrogen-bond acceptors (Lipinski definition) is 3. The molecule has 0 aliphatic heterocycles. The average molecular weight is 306 g/mol. The Morgan fingerprint density at radius 3 is 2.80 bits per heavy atom. The van der Waals surface area contributed by atoms with Crippen molar-refractivity contribution >= 4 is 35.4 Å². The summed E-state index contributed by atoms with van der Waals surface area (Å²) in [5.74, 6) is -0.235. The minimum absolute atomic E-state index is 0.610. The Bertz CT molecular complexity index is 626. The Kier molecular flexibility index (Phi) is 5.21. The summed E-state index contributed by atoms with van der Waals surface area (Å²) in [6, 6.07) is 11.4. The first-order valence-corrected chi connectivity index (χ1v) is 7.25. The average Bonchev–Trinajstić information content (AvgIpc) is 2.45. The number of carboxylic acid groups (broad SMARTS) is 1. The molecule has 0 amide bonds. The van der Waals surface area contributed by atoms with E-state index < -0.39 is 5.97 Å². The van der Waals surface area contributed by atoms with Gasteiger partial charge in [-0.15, -0.1) is 11.8 Å². The van der Waals surface area contributed by atoms with Crippen molar-refractivity contribution in [3.63, 3.8) is 0 Å². The number of carboxylic acids is 1. The lowest BCUT2D eigenvalue weighted by molar-refractivity contribution is -0.131. The Hall–Kier alpha value is -1.78. The molecule has 0 bridgehead atoms. The fourth-order valence-electron chi connectivity index (χ4n) is 1.59. The summed E-state index contributed by atoms with van der Waals surface area (Å²) in [6.45, 7) is 0. The Labute approximate surface area is 126 Å². The topological polar surface area (TPSA) is 50.2 Å². The second-order valence-corrected chi connectivity index (χ2v) is 5.41. The standard InChI is InChI=1S/C15H12ClNO2S/c16-13-6-7-14(17-9-13)20-10-12-4-2-1-3-11(12)5-8-15(18)19/h1-9H,10H2,(H,18,19). The minimum Gasteiger partial charge on any atom is -0.478 e.